The van der Waals surface area contributed by atoms with E-state index in [4.69, 9.17) is 5.73 Å². The van der Waals surface area contributed by atoms with Gasteiger partial charge in [0, 0.05) is 30.4 Å². The molecule has 2 bridgehead atoms. The first-order chi connectivity index (χ1) is 15.3. The number of halogens is 3. The van der Waals surface area contributed by atoms with Crippen LogP contribution >= 0.6 is 0 Å². The van der Waals surface area contributed by atoms with E-state index in [1.807, 2.05) is 4.90 Å². The average Bonchev–Trinajstić information content (AvgIpc) is 3.05. The SMILES string of the molecule is N[C@H](Cc1cc(F)c(F)cc1F)C1C[C@H]2CC[C@@H](C1)N2C(=O)CNC(=O)c1cccnn1. The van der Waals surface area contributed by atoms with Crippen LogP contribution in [0.2, 0.25) is 0 Å². The van der Waals surface area contributed by atoms with E-state index in [2.05, 4.69) is 15.5 Å². The highest BCUT2D eigenvalue weighted by atomic mass is 19.2. The lowest BCUT2D eigenvalue weighted by atomic mass is 9.82. The summed E-state index contributed by atoms with van der Waals surface area (Å²) in [7, 11) is 0. The summed E-state index contributed by atoms with van der Waals surface area (Å²) in [6, 6.07) is 4.03. The molecule has 4 atom stereocenters. The van der Waals surface area contributed by atoms with E-state index >= 15 is 0 Å². The summed E-state index contributed by atoms with van der Waals surface area (Å²) in [5.74, 6) is -3.75. The second-order valence-corrected chi connectivity index (χ2v) is 8.43. The van der Waals surface area contributed by atoms with E-state index in [0.717, 1.165) is 18.9 Å². The van der Waals surface area contributed by atoms with Gasteiger partial charge in [0.1, 0.15) is 5.82 Å². The van der Waals surface area contributed by atoms with Crippen molar-refractivity contribution in [1.29, 1.82) is 0 Å². The van der Waals surface area contributed by atoms with Gasteiger partial charge in [-0.15, -0.1) is 5.10 Å². The Morgan fingerprint density at radius 1 is 1.12 bits per heavy atom. The van der Waals surface area contributed by atoms with Gasteiger partial charge in [-0.2, -0.15) is 5.10 Å². The molecule has 1 aromatic heterocycles. The van der Waals surface area contributed by atoms with E-state index < -0.39 is 29.4 Å². The van der Waals surface area contributed by atoms with Gasteiger partial charge in [-0.25, -0.2) is 13.2 Å². The zero-order valence-corrected chi connectivity index (χ0v) is 17.3. The van der Waals surface area contributed by atoms with Crippen LogP contribution in [0.5, 0.6) is 0 Å². The third kappa shape index (κ3) is 4.59. The summed E-state index contributed by atoms with van der Waals surface area (Å²) in [6.45, 7) is -0.140. The number of piperidine rings is 1. The average molecular weight is 447 g/mol. The summed E-state index contributed by atoms with van der Waals surface area (Å²) >= 11 is 0. The minimum Gasteiger partial charge on any atom is -0.342 e. The van der Waals surface area contributed by atoms with Crippen molar-refractivity contribution in [2.45, 2.75) is 50.2 Å². The van der Waals surface area contributed by atoms with Gasteiger partial charge in [0.15, 0.2) is 17.3 Å². The topological polar surface area (TPSA) is 101 Å². The summed E-state index contributed by atoms with van der Waals surface area (Å²) in [5, 5.41) is 9.95. The van der Waals surface area contributed by atoms with Crippen LogP contribution in [0.15, 0.2) is 30.5 Å². The van der Waals surface area contributed by atoms with E-state index in [-0.39, 0.29) is 48.1 Å². The van der Waals surface area contributed by atoms with Gasteiger partial charge in [-0.05, 0) is 61.8 Å². The Kier molecular flexibility index (Phi) is 6.40. The van der Waals surface area contributed by atoms with Crippen molar-refractivity contribution < 1.29 is 22.8 Å². The number of amides is 2. The van der Waals surface area contributed by atoms with Crippen molar-refractivity contribution in [3.8, 4) is 0 Å². The monoisotopic (exact) mass is 447 g/mol. The van der Waals surface area contributed by atoms with Crippen molar-refractivity contribution in [3.63, 3.8) is 0 Å². The number of hydrogen-bond acceptors (Lipinski definition) is 5. The Labute approximate surface area is 183 Å². The molecule has 170 valence electrons. The van der Waals surface area contributed by atoms with Gasteiger partial charge in [-0.3, -0.25) is 9.59 Å². The lowest BCUT2D eigenvalue weighted by Gasteiger charge is -2.41. The van der Waals surface area contributed by atoms with Crippen LogP contribution in [0.25, 0.3) is 0 Å². The molecule has 1 unspecified atom stereocenters. The fourth-order valence-corrected chi connectivity index (χ4v) is 4.88. The second-order valence-electron chi connectivity index (χ2n) is 8.43. The van der Waals surface area contributed by atoms with Gasteiger partial charge >= 0.3 is 0 Å². The van der Waals surface area contributed by atoms with Crippen LogP contribution in [0.3, 0.4) is 0 Å². The number of nitrogens with one attached hydrogen (secondary N) is 1. The molecule has 3 N–H and O–H groups in total. The van der Waals surface area contributed by atoms with Crippen molar-refractivity contribution >= 4 is 11.8 Å². The third-order valence-corrected chi connectivity index (χ3v) is 6.41. The molecule has 7 nitrogen and oxygen atoms in total. The van der Waals surface area contributed by atoms with E-state index in [1.165, 1.54) is 12.3 Å². The van der Waals surface area contributed by atoms with Crippen molar-refractivity contribution in [1.82, 2.24) is 20.4 Å². The fraction of sp³-hybridized carbons (Fsp3) is 0.455. The number of hydrogen-bond donors (Lipinski definition) is 2. The van der Waals surface area contributed by atoms with Crippen molar-refractivity contribution in [2.24, 2.45) is 11.7 Å². The first kappa shape index (κ1) is 22.2. The van der Waals surface area contributed by atoms with Gasteiger partial charge in [0.25, 0.3) is 5.91 Å². The van der Waals surface area contributed by atoms with Crippen molar-refractivity contribution in [3.05, 3.63) is 59.2 Å². The van der Waals surface area contributed by atoms with Crippen LogP contribution in [0.1, 0.15) is 41.7 Å². The molecule has 10 heteroatoms. The molecule has 0 spiro atoms. The maximum atomic E-state index is 14.0. The molecule has 2 amide bonds. The summed E-state index contributed by atoms with van der Waals surface area (Å²) in [6.07, 6.45) is 4.50. The first-order valence-corrected chi connectivity index (χ1v) is 10.6. The van der Waals surface area contributed by atoms with Crippen LogP contribution < -0.4 is 11.1 Å². The minimum absolute atomic E-state index is 0.0134. The minimum atomic E-state index is -1.23. The Bertz CT molecular complexity index is 993. The second kappa shape index (κ2) is 9.23. The Morgan fingerprint density at radius 3 is 2.47 bits per heavy atom. The van der Waals surface area contributed by atoms with E-state index in [0.29, 0.717) is 18.9 Å². The molecule has 0 radical (unpaired) electrons. The van der Waals surface area contributed by atoms with Crippen LogP contribution in [0, 0.1) is 23.4 Å². The summed E-state index contributed by atoms with van der Waals surface area (Å²) < 4.78 is 40.7. The number of fused-ring (bicyclic) bond motifs is 2. The predicted molar refractivity (Wildman–Crippen MR) is 109 cm³/mol. The molecule has 0 aliphatic carbocycles. The summed E-state index contributed by atoms with van der Waals surface area (Å²) in [4.78, 5) is 26.7. The Morgan fingerprint density at radius 2 is 1.81 bits per heavy atom. The van der Waals surface area contributed by atoms with Gasteiger partial charge in [0.2, 0.25) is 5.91 Å². The first-order valence-electron chi connectivity index (χ1n) is 10.6. The number of nitrogens with zero attached hydrogens (tertiary/aromatic N) is 3. The quantitative estimate of drug-likeness (QED) is 0.660. The molecule has 2 aliphatic heterocycles. The molecule has 0 saturated carbocycles. The molecule has 2 aliphatic rings. The summed E-state index contributed by atoms with van der Waals surface area (Å²) in [5.41, 5.74) is 6.50. The van der Waals surface area contributed by atoms with Gasteiger partial charge in [0.05, 0.1) is 6.54 Å². The molecule has 2 fully saturated rings. The lowest BCUT2D eigenvalue weighted by Crippen LogP contribution is -2.52. The number of aromatic nitrogens is 2. The number of nitrogens with two attached hydrogens (primary N) is 1. The molecule has 3 heterocycles. The lowest BCUT2D eigenvalue weighted by molar-refractivity contribution is -0.135. The molecular weight excluding hydrogens is 423 g/mol. The number of rotatable bonds is 6. The third-order valence-electron chi connectivity index (χ3n) is 6.41. The molecular formula is C22H24F3N5O2. The largest absolute Gasteiger partial charge is 0.342 e. The number of benzene rings is 1. The fourth-order valence-electron chi connectivity index (χ4n) is 4.88. The Hall–Kier alpha value is -3.01. The smallest absolute Gasteiger partial charge is 0.272 e. The van der Waals surface area contributed by atoms with Crippen molar-refractivity contribution in [2.75, 3.05) is 6.54 Å². The zero-order valence-electron chi connectivity index (χ0n) is 17.3. The highest BCUT2D eigenvalue weighted by Gasteiger charge is 2.44. The highest BCUT2D eigenvalue weighted by molar-refractivity contribution is 5.94. The number of carbonyl (C=O) groups is 2. The molecule has 2 saturated heterocycles. The van der Waals surface area contributed by atoms with Crippen LogP contribution in [-0.4, -0.2) is 51.6 Å². The van der Waals surface area contributed by atoms with Gasteiger partial charge < -0.3 is 16.0 Å². The van der Waals surface area contributed by atoms with Crippen LogP contribution in [0.4, 0.5) is 13.2 Å². The molecule has 4 rings (SSSR count). The maximum Gasteiger partial charge on any atom is 0.272 e. The molecule has 2 aromatic rings. The Balaban J connectivity index is 1.34. The maximum absolute atomic E-state index is 14.0. The predicted octanol–water partition coefficient (Wildman–Crippen LogP) is 1.96. The van der Waals surface area contributed by atoms with E-state index in [1.54, 1.807) is 6.07 Å². The van der Waals surface area contributed by atoms with E-state index in [9.17, 15) is 22.8 Å². The van der Waals surface area contributed by atoms with Crippen LogP contribution in [-0.2, 0) is 11.2 Å². The highest BCUT2D eigenvalue weighted by Crippen LogP contribution is 2.40. The standard InChI is InChI=1S/C22H24F3N5O2/c23-16-10-18(25)17(24)8-12(16)9-19(26)13-6-14-3-4-15(7-13)30(14)21(31)11-27-22(32)20-2-1-5-28-29-20/h1-2,5,8,10,13-15,19H,3-4,6-7,9,11,26H2,(H,27,32)/t13?,14-,15+,19-/m1/s1. The zero-order chi connectivity index (χ0) is 22.8. The molecule has 1 aromatic carbocycles. The number of carbonyl (C=O) groups excluding carboxylic acids is 2. The normalized spacial score (nSPS) is 23.1. The molecule has 32 heavy (non-hydrogen) atoms. The van der Waals surface area contributed by atoms with Gasteiger partial charge in [-0.1, -0.05) is 0 Å².